The van der Waals surface area contributed by atoms with Crippen molar-refractivity contribution in [2.45, 2.75) is 89.1 Å². The average molecular weight is 877 g/mol. The first kappa shape index (κ1) is 44.0. The lowest BCUT2D eigenvalue weighted by atomic mass is 9.98. The number of carbonyl (C=O) groups excluding carboxylic acids is 6. The molecule has 4 unspecified atom stereocenters. The fourth-order valence-corrected chi connectivity index (χ4v) is 9.55. The van der Waals surface area contributed by atoms with Gasteiger partial charge in [-0.1, -0.05) is 24.6 Å². The third-order valence-electron chi connectivity index (χ3n) is 11.7. The smallest absolute Gasteiger partial charge is 0.255 e. The number of likely N-dealkylation sites (N-methyl/N-ethyl adjacent to an activating group) is 1. The number of thiophene rings is 1. The fourth-order valence-electron chi connectivity index (χ4n) is 8.46. The second-order valence-electron chi connectivity index (χ2n) is 15.6. The van der Waals surface area contributed by atoms with E-state index in [1.807, 2.05) is 37.1 Å². The number of ether oxygens (including phenoxy) is 1. The Labute approximate surface area is 363 Å². The van der Waals surface area contributed by atoms with Crippen LogP contribution in [0.25, 0.3) is 0 Å². The first-order chi connectivity index (χ1) is 29.4. The molecule has 4 aliphatic heterocycles. The zero-order valence-corrected chi connectivity index (χ0v) is 36.0. The minimum Gasteiger partial charge on any atom is -0.495 e. The van der Waals surface area contributed by atoms with Crippen LogP contribution in [0.1, 0.15) is 76.6 Å². The molecule has 3 saturated heterocycles. The summed E-state index contributed by atoms with van der Waals surface area (Å²) in [6, 6.07) is 13.2. The maximum Gasteiger partial charge on any atom is 0.255 e. The quantitative estimate of drug-likeness (QED) is 0.0773. The lowest BCUT2D eigenvalue weighted by molar-refractivity contribution is -0.153. The van der Waals surface area contributed by atoms with E-state index < -0.39 is 11.9 Å². The summed E-state index contributed by atoms with van der Waals surface area (Å²) in [7, 11) is 3.42. The number of benzene rings is 2. The Morgan fingerprint density at radius 1 is 1.02 bits per heavy atom. The van der Waals surface area contributed by atoms with Crippen LogP contribution >= 0.6 is 22.9 Å². The number of carbonyl (C=O) groups is 6. The molecule has 3 fully saturated rings. The zero-order valence-electron chi connectivity index (χ0n) is 34.5. The predicted molar refractivity (Wildman–Crippen MR) is 231 cm³/mol. The number of methoxy groups -OCH3 is 1. The van der Waals surface area contributed by atoms with Crippen molar-refractivity contribution in [3.05, 3.63) is 74.4 Å². The normalized spacial score (nSPS) is 22.7. The standard InChI is InChI=1S/C42H53ClN10O7S/c1-4-30-41(59)51(2)32-21-46-42(50-37(32)52(30)22-25-12-15-34(43)61-25)48-29-13-11-24(20-33(29)60-3)38(56)45-19-7-18-44-17-6-10-35(54)47-28-9-5-8-26-27(28)23-53(40(26)58)31-14-16-36(55)49-39(31)57/h5,8-9,11-13,15,20,30-32,37,42,44,46,48,50H,4,6-7,10,14,16-19,21-23H2,1-3H3,(H,45,56)(H,47,54)(H,49,55,57)/t30-,31?,32?,37?,42?/m1/s1. The Morgan fingerprint density at radius 3 is 2.59 bits per heavy atom. The minimum absolute atomic E-state index is 0.0844. The van der Waals surface area contributed by atoms with Crippen molar-refractivity contribution in [2.24, 2.45) is 0 Å². The maximum atomic E-state index is 13.4. The number of piperazine rings is 1. The van der Waals surface area contributed by atoms with E-state index in [0.717, 1.165) is 4.88 Å². The molecule has 19 heteroatoms. The fraction of sp³-hybridized carbons (Fsp3) is 0.476. The van der Waals surface area contributed by atoms with E-state index in [0.29, 0.717) is 90.1 Å². The van der Waals surface area contributed by atoms with Crippen molar-refractivity contribution in [1.82, 2.24) is 41.3 Å². The van der Waals surface area contributed by atoms with Crippen LogP contribution in [-0.2, 0) is 32.3 Å². The molecule has 7 N–H and O–H groups in total. The van der Waals surface area contributed by atoms with E-state index >= 15 is 0 Å². The molecule has 4 aliphatic rings. The molecule has 0 aliphatic carbocycles. The molecule has 5 atom stereocenters. The van der Waals surface area contributed by atoms with Gasteiger partial charge in [-0.15, -0.1) is 11.3 Å². The number of piperidine rings is 1. The lowest BCUT2D eigenvalue weighted by Crippen LogP contribution is -2.77. The molecule has 3 aromatic rings. The summed E-state index contributed by atoms with van der Waals surface area (Å²) in [5, 5.41) is 22.1. The van der Waals surface area contributed by atoms with Gasteiger partial charge in [0, 0.05) is 73.3 Å². The van der Waals surface area contributed by atoms with Gasteiger partial charge in [-0.25, -0.2) is 0 Å². The molecule has 0 spiro atoms. The number of imide groups is 1. The topological polar surface area (TPSA) is 206 Å². The van der Waals surface area contributed by atoms with E-state index in [-0.39, 0.29) is 79.9 Å². The van der Waals surface area contributed by atoms with E-state index in [4.69, 9.17) is 16.3 Å². The van der Waals surface area contributed by atoms with Crippen LogP contribution in [0.5, 0.6) is 5.75 Å². The van der Waals surface area contributed by atoms with Crippen LogP contribution in [-0.4, -0.2) is 121 Å². The molecule has 5 heterocycles. The van der Waals surface area contributed by atoms with Crippen molar-refractivity contribution >= 4 is 69.8 Å². The van der Waals surface area contributed by atoms with E-state index in [2.05, 4.69) is 42.1 Å². The molecule has 0 radical (unpaired) electrons. The predicted octanol–water partition coefficient (Wildman–Crippen LogP) is 2.64. The van der Waals surface area contributed by atoms with E-state index in [1.165, 1.54) is 16.2 Å². The van der Waals surface area contributed by atoms with Crippen molar-refractivity contribution < 1.29 is 33.5 Å². The van der Waals surface area contributed by atoms with Gasteiger partial charge in [-0.3, -0.25) is 49.6 Å². The van der Waals surface area contributed by atoms with Crippen molar-refractivity contribution in [2.75, 3.05) is 51.0 Å². The molecule has 0 bridgehead atoms. The molecule has 0 saturated carbocycles. The third kappa shape index (κ3) is 10.0. The Morgan fingerprint density at radius 2 is 1.84 bits per heavy atom. The number of fused-ring (bicyclic) bond motifs is 2. The first-order valence-corrected chi connectivity index (χ1v) is 21.9. The van der Waals surface area contributed by atoms with Gasteiger partial charge >= 0.3 is 0 Å². The van der Waals surface area contributed by atoms with Crippen LogP contribution in [0.4, 0.5) is 11.4 Å². The van der Waals surface area contributed by atoms with Gasteiger partial charge < -0.3 is 35.8 Å². The molecule has 17 nitrogen and oxygen atoms in total. The van der Waals surface area contributed by atoms with Crippen molar-refractivity contribution in [3.63, 3.8) is 0 Å². The number of rotatable bonds is 17. The second-order valence-corrected chi connectivity index (χ2v) is 17.4. The Bertz CT molecular complexity index is 2150. The Kier molecular flexibility index (Phi) is 14.2. The van der Waals surface area contributed by atoms with Crippen LogP contribution in [0.15, 0.2) is 48.5 Å². The minimum atomic E-state index is -0.726. The summed E-state index contributed by atoms with van der Waals surface area (Å²) < 4.78 is 6.40. The summed E-state index contributed by atoms with van der Waals surface area (Å²) >= 11 is 7.76. The van der Waals surface area contributed by atoms with Crippen LogP contribution in [0.2, 0.25) is 4.34 Å². The monoisotopic (exact) mass is 876 g/mol. The summed E-state index contributed by atoms with van der Waals surface area (Å²) in [6.07, 6.45) is 2.17. The van der Waals surface area contributed by atoms with Crippen molar-refractivity contribution in [3.8, 4) is 5.75 Å². The molecule has 7 rings (SSSR count). The Balaban J connectivity index is 0.823. The largest absolute Gasteiger partial charge is 0.495 e. The number of hydrogen-bond donors (Lipinski definition) is 7. The van der Waals surface area contributed by atoms with Gasteiger partial charge in [0.1, 0.15) is 18.1 Å². The summed E-state index contributed by atoms with van der Waals surface area (Å²) in [5.41, 5.74) is 2.79. The number of nitrogens with one attached hydrogen (secondary N) is 7. The highest BCUT2D eigenvalue weighted by atomic mass is 35.5. The highest BCUT2D eigenvalue weighted by Crippen LogP contribution is 2.34. The lowest BCUT2D eigenvalue weighted by Gasteiger charge is -2.53. The van der Waals surface area contributed by atoms with Gasteiger partial charge in [0.2, 0.25) is 23.6 Å². The zero-order chi connectivity index (χ0) is 43.2. The van der Waals surface area contributed by atoms with Crippen LogP contribution in [0.3, 0.4) is 0 Å². The average Bonchev–Trinajstić information content (AvgIpc) is 3.82. The molecular weight excluding hydrogens is 824 g/mol. The Hall–Kier alpha value is -5.11. The molecule has 2 aromatic carbocycles. The number of nitrogens with zero attached hydrogens (tertiary/aromatic N) is 3. The number of halogens is 1. The number of hydrogen-bond acceptors (Lipinski definition) is 13. The highest BCUT2D eigenvalue weighted by Gasteiger charge is 2.47. The maximum absolute atomic E-state index is 13.4. The van der Waals surface area contributed by atoms with Gasteiger partial charge in [0.15, 0.2) is 0 Å². The summed E-state index contributed by atoms with van der Waals surface area (Å²) in [5.74, 6) is -0.919. The second kappa shape index (κ2) is 19.7. The molecular formula is C42H53ClN10O7S. The van der Waals surface area contributed by atoms with Gasteiger partial charge in [-0.05, 0) is 81.2 Å². The van der Waals surface area contributed by atoms with Crippen LogP contribution in [0, 0.1) is 0 Å². The number of amides is 6. The third-order valence-corrected chi connectivity index (χ3v) is 12.9. The molecule has 1 aromatic heterocycles. The van der Waals surface area contributed by atoms with Crippen molar-refractivity contribution in [1.29, 1.82) is 0 Å². The van der Waals surface area contributed by atoms with Crippen LogP contribution < -0.4 is 42.0 Å². The van der Waals surface area contributed by atoms with Gasteiger partial charge in [0.05, 0.1) is 35.4 Å². The van der Waals surface area contributed by atoms with Gasteiger partial charge in [-0.2, -0.15) is 0 Å². The first-order valence-electron chi connectivity index (χ1n) is 20.7. The van der Waals surface area contributed by atoms with E-state index in [1.54, 1.807) is 37.4 Å². The molecule has 61 heavy (non-hydrogen) atoms. The van der Waals surface area contributed by atoms with E-state index in [9.17, 15) is 28.8 Å². The number of anilines is 2. The molecule has 6 amide bonds. The highest BCUT2D eigenvalue weighted by molar-refractivity contribution is 7.16. The summed E-state index contributed by atoms with van der Waals surface area (Å²) in [4.78, 5) is 83.0. The SMILES string of the molecule is CC[C@@H]1C(=O)N(C)C2CNC(Nc3ccc(C(=O)NCCCNCCCC(=O)Nc4cccc5c4CN(C4CCC(=O)NC4=O)C5=O)cc3OC)NC2N1Cc1ccc(Cl)s1. The molecule has 326 valence electrons. The van der Waals surface area contributed by atoms with Gasteiger partial charge in [0.25, 0.3) is 11.8 Å². The summed E-state index contributed by atoms with van der Waals surface area (Å²) in [6.45, 7) is 5.06.